The minimum atomic E-state index is -0.471. The lowest BCUT2D eigenvalue weighted by molar-refractivity contribution is -0.151. The second-order valence-electron chi connectivity index (χ2n) is 6.34. The first-order valence-electron chi connectivity index (χ1n) is 7.30. The second kappa shape index (κ2) is 6.65. The summed E-state index contributed by atoms with van der Waals surface area (Å²) >= 11 is 1.31. The van der Waals surface area contributed by atoms with Crippen molar-refractivity contribution in [2.45, 2.75) is 45.6 Å². The zero-order valence-electron chi connectivity index (χ0n) is 12.9. The number of thioether (sulfide) groups is 1. The number of ketones is 1. The lowest BCUT2D eigenvalue weighted by Crippen LogP contribution is -2.25. The molecule has 0 bridgehead atoms. The molecular formula is C17H22O3S. The quantitative estimate of drug-likeness (QED) is 0.617. The number of hydrogen-bond donors (Lipinski definition) is 0. The molecule has 0 N–H and O–H groups in total. The first kappa shape index (κ1) is 16.1. The highest BCUT2D eigenvalue weighted by molar-refractivity contribution is 8.00. The molecule has 21 heavy (non-hydrogen) atoms. The van der Waals surface area contributed by atoms with Gasteiger partial charge in [-0.3, -0.25) is 9.59 Å². The van der Waals surface area contributed by atoms with Crippen LogP contribution >= 0.6 is 11.8 Å². The van der Waals surface area contributed by atoms with E-state index in [0.717, 1.165) is 18.4 Å². The molecule has 0 saturated heterocycles. The molecule has 1 aliphatic carbocycles. The SMILES string of the molecule is CC(C)(C)OC(=O)CSCC(=O)c1ccc2c(c1)CCC2. The number of Topliss-reactive ketones (excluding diaryl/α,β-unsaturated/α-hetero) is 1. The van der Waals surface area contributed by atoms with Crippen LogP contribution in [0.2, 0.25) is 0 Å². The van der Waals surface area contributed by atoms with Gasteiger partial charge in [0.25, 0.3) is 0 Å². The normalized spacial score (nSPS) is 13.9. The number of hydrogen-bond acceptors (Lipinski definition) is 4. The number of benzene rings is 1. The van der Waals surface area contributed by atoms with Crippen molar-refractivity contribution < 1.29 is 14.3 Å². The lowest BCUT2D eigenvalue weighted by atomic mass is 10.0. The smallest absolute Gasteiger partial charge is 0.316 e. The molecule has 2 rings (SSSR count). The van der Waals surface area contributed by atoms with Crippen LogP contribution < -0.4 is 0 Å². The van der Waals surface area contributed by atoms with Gasteiger partial charge in [-0.05, 0) is 57.2 Å². The van der Waals surface area contributed by atoms with Crippen molar-refractivity contribution in [3.05, 3.63) is 34.9 Å². The summed E-state index contributed by atoms with van der Waals surface area (Å²) in [6, 6.07) is 5.98. The Balaban J connectivity index is 1.81. The lowest BCUT2D eigenvalue weighted by Gasteiger charge is -2.19. The molecule has 3 nitrogen and oxygen atoms in total. The van der Waals surface area contributed by atoms with E-state index in [1.807, 2.05) is 32.9 Å². The van der Waals surface area contributed by atoms with E-state index in [-0.39, 0.29) is 17.5 Å². The first-order valence-corrected chi connectivity index (χ1v) is 8.45. The third-order valence-corrected chi connectivity index (χ3v) is 4.20. The molecule has 0 aromatic heterocycles. The van der Waals surface area contributed by atoms with Crippen LogP contribution in [0.5, 0.6) is 0 Å². The molecule has 0 saturated carbocycles. The number of fused-ring (bicyclic) bond motifs is 1. The van der Waals surface area contributed by atoms with E-state index in [0.29, 0.717) is 5.75 Å². The summed E-state index contributed by atoms with van der Waals surface area (Å²) in [6.45, 7) is 5.52. The van der Waals surface area contributed by atoms with Crippen LogP contribution in [0.25, 0.3) is 0 Å². The van der Waals surface area contributed by atoms with E-state index in [1.165, 1.54) is 29.3 Å². The number of esters is 1. The summed E-state index contributed by atoms with van der Waals surface area (Å²) in [5.41, 5.74) is 2.96. The summed E-state index contributed by atoms with van der Waals surface area (Å²) in [4.78, 5) is 23.7. The molecule has 114 valence electrons. The third kappa shape index (κ3) is 4.88. The molecule has 1 aliphatic rings. The predicted molar refractivity (Wildman–Crippen MR) is 86.0 cm³/mol. The number of rotatable bonds is 5. The van der Waals surface area contributed by atoms with Crippen LogP contribution in [0, 0.1) is 0 Å². The monoisotopic (exact) mass is 306 g/mol. The maximum Gasteiger partial charge on any atom is 0.316 e. The zero-order chi connectivity index (χ0) is 15.5. The highest BCUT2D eigenvalue weighted by Crippen LogP contribution is 2.23. The van der Waals surface area contributed by atoms with Gasteiger partial charge < -0.3 is 4.74 Å². The van der Waals surface area contributed by atoms with Gasteiger partial charge in [0.15, 0.2) is 5.78 Å². The van der Waals surface area contributed by atoms with Crippen LogP contribution in [-0.2, 0) is 22.4 Å². The van der Waals surface area contributed by atoms with Crippen LogP contribution in [0.3, 0.4) is 0 Å². The largest absolute Gasteiger partial charge is 0.459 e. The molecule has 0 atom stereocenters. The van der Waals surface area contributed by atoms with Gasteiger partial charge in [0.2, 0.25) is 0 Å². The molecule has 1 aromatic carbocycles. The van der Waals surface area contributed by atoms with Crippen molar-refractivity contribution in [2.75, 3.05) is 11.5 Å². The van der Waals surface area contributed by atoms with E-state index < -0.39 is 5.60 Å². The average Bonchev–Trinajstić information content (AvgIpc) is 2.83. The molecule has 0 heterocycles. The van der Waals surface area contributed by atoms with E-state index in [2.05, 4.69) is 6.07 Å². The van der Waals surface area contributed by atoms with E-state index in [9.17, 15) is 9.59 Å². The fourth-order valence-corrected chi connectivity index (χ4v) is 3.11. The molecule has 0 fully saturated rings. The molecule has 0 amide bonds. The van der Waals surface area contributed by atoms with Crippen LogP contribution in [0.15, 0.2) is 18.2 Å². The third-order valence-electron chi connectivity index (χ3n) is 3.29. The van der Waals surface area contributed by atoms with Gasteiger partial charge in [0.1, 0.15) is 5.60 Å². The topological polar surface area (TPSA) is 43.4 Å². The van der Waals surface area contributed by atoms with Crippen molar-refractivity contribution >= 4 is 23.5 Å². The van der Waals surface area contributed by atoms with Crippen molar-refractivity contribution in [1.29, 1.82) is 0 Å². The van der Waals surface area contributed by atoms with Crippen molar-refractivity contribution in [3.63, 3.8) is 0 Å². The standard InChI is InChI=1S/C17H22O3S/c1-17(2,3)20-16(19)11-21-10-15(18)14-8-7-12-5-4-6-13(12)9-14/h7-9H,4-6,10-11H2,1-3H3. The van der Waals surface area contributed by atoms with Crippen molar-refractivity contribution in [3.8, 4) is 0 Å². The Hall–Kier alpha value is -1.29. The summed E-state index contributed by atoms with van der Waals surface area (Å²) in [6.07, 6.45) is 3.37. The van der Waals surface area contributed by atoms with Crippen molar-refractivity contribution in [1.82, 2.24) is 0 Å². The number of carbonyl (C=O) groups is 2. The summed E-state index contributed by atoms with van der Waals surface area (Å²) in [7, 11) is 0. The van der Waals surface area contributed by atoms with Crippen molar-refractivity contribution in [2.24, 2.45) is 0 Å². The van der Waals surface area contributed by atoms with Gasteiger partial charge in [-0.1, -0.05) is 12.1 Å². The Morgan fingerprint density at radius 3 is 2.57 bits per heavy atom. The molecule has 0 spiro atoms. The molecule has 4 heteroatoms. The van der Waals surface area contributed by atoms with Gasteiger partial charge in [-0.15, -0.1) is 11.8 Å². The number of carbonyl (C=O) groups excluding carboxylic acids is 2. The Morgan fingerprint density at radius 2 is 1.86 bits per heavy atom. The molecule has 0 aliphatic heterocycles. The Morgan fingerprint density at radius 1 is 1.14 bits per heavy atom. The molecular weight excluding hydrogens is 284 g/mol. The Bertz CT molecular complexity index is 543. The van der Waals surface area contributed by atoms with Crippen LogP contribution in [-0.4, -0.2) is 28.9 Å². The number of ether oxygens (including phenoxy) is 1. The molecule has 0 unspecified atom stereocenters. The van der Waals surface area contributed by atoms with Gasteiger partial charge in [-0.25, -0.2) is 0 Å². The fourth-order valence-electron chi connectivity index (χ4n) is 2.43. The minimum Gasteiger partial charge on any atom is -0.459 e. The summed E-state index contributed by atoms with van der Waals surface area (Å²) < 4.78 is 5.21. The van der Waals surface area contributed by atoms with Gasteiger partial charge in [0, 0.05) is 5.56 Å². The van der Waals surface area contributed by atoms with E-state index in [4.69, 9.17) is 4.74 Å². The van der Waals surface area contributed by atoms with E-state index >= 15 is 0 Å². The van der Waals surface area contributed by atoms with Gasteiger partial charge in [-0.2, -0.15) is 0 Å². The summed E-state index contributed by atoms with van der Waals surface area (Å²) in [5.74, 6) is 0.346. The van der Waals surface area contributed by atoms with E-state index in [1.54, 1.807) is 0 Å². The summed E-state index contributed by atoms with van der Waals surface area (Å²) in [5, 5.41) is 0. The first-order chi connectivity index (χ1) is 9.85. The molecule has 1 aromatic rings. The van der Waals surface area contributed by atoms with Gasteiger partial charge >= 0.3 is 5.97 Å². The van der Waals surface area contributed by atoms with Crippen LogP contribution in [0.1, 0.15) is 48.7 Å². The Labute approximate surface area is 130 Å². The maximum absolute atomic E-state index is 12.1. The van der Waals surface area contributed by atoms with Gasteiger partial charge in [0.05, 0.1) is 11.5 Å². The Kier molecular flexibility index (Phi) is 5.09. The number of aryl methyl sites for hydroxylation is 2. The highest BCUT2D eigenvalue weighted by atomic mass is 32.2. The minimum absolute atomic E-state index is 0.0817. The fraction of sp³-hybridized carbons (Fsp3) is 0.529. The predicted octanol–water partition coefficient (Wildman–Crippen LogP) is 3.43. The second-order valence-corrected chi connectivity index (χ2v) is 7.33. The zero-order valence-corrected chi connectivity index (χ0v) is 13.7. The maximum atomic E-state index is 12.1. The average molecular weight is 306 g/mol. The van der Waals surface area contributed by atoms with Crippen LogP contribution in [0.4, 0.5) is 0 Å². The highest BCUT2D eigenvalue weighted by Gasteiger charge is 2.17. The molecule has 0 radical (unpaired) electrons.